The van der Waals surface area contributed by atoms with Gasteiger partial charge in [0.25, 0.3) is 5.56 Å². The first-order chi connectivity index (χ1) is 12.0. The molecule has 0 amide bonds. The monoisotopic (exact) mass is 377 g/mol. The number of halogens is 1. The van der Waals surface area contributed by atoms with Crippen molar-refractivity contribution in [3.8, 4) is 10.8 Å². The fourth-order valence-electron chi connectivity index (χ4n) is 2.62. The normalized spacial score (nSPS) is 11.5. The molecule has 0 aliphatic rings. The minimum absolute atomic E-state index is 0.126. The summed E-state index contributed by atoms with van der Waals surface area (Å²) in [6, 6.07) is 3.62. The van der Waals surface area contributed by atoms with Gasteiger partial charge in [-0.25, -0.2) is 9.78 Å². The van der Waals surface area contributed by atoms with E-state index in [2.05, 4.69) is 9.97 Å². The van der Waals surface area contributed by atoms with Crippen molar-refractivity contribution >= 4 is 34.1 Å². The van der Waals surface area contributed by atoms with Crippen molar-refractivity contribution in [2.24, 2.45) is 14.1 Å². The zero-order chi connectivity index (χ0) is 17.7. The topological polar surface area (TPSA) is 87.8 Å². The number of hydrogen-bond acceptors (Lipinski definition) is 6. The summed E-state index contributed by atoms with van der Waals surface area (Å²) in [5.74, 6) is 0.677. The molecule has 0 atom stereocenters. The molecule has 10 heteroatoms. The molecule has 128 valence electrons. The summed E-state index contributed by atoms with van der Waals surface area (Å²) in [5, 5.41) is 2.73. The molecule has 4 rings (SSSR count). The van der Waals surface area contributed by atoms with Crippen LogP contribution < -0.4 is 11.2 Å². The molecule has 4 aromatic rings. The third-order valence-electron chi connectivity index (χ3n) is 3.91. The van der Waals surface area contributed by atoms with Crippen LogP contribution in [0.2, 0.25) is 5.28 Å². The zero-order valence-corrected chi connectivity index (χ0v) is 14.8. The summed E-state index contributed by atoms with van der Waals surface area (Å²) in [4.78, 5) is 33.2. The van der Waals surface area contributed by atoms with Crippen LogP contribution in [-0.4, -0.2) is 23.7 Å². The van der Waals surface area contributed by atoms with Gasteiger partial charge in [-0.15, -0.1) is 11.3 Å². The van der Waals surface area contributed by atoms with Crippen LogP contribution in [0.25, 0.3) is 21.9 Å². The van der Waals surface area contributed by atoms with Gasteiger partial charge in [0, 0.05) is 19.5 Å². The molecule has 0 bridgehead atoms. The van der Waals surface area contributed by atoms with E-state index >= 15 is 0 Å². The smallest absolute Gasteiger partial charge is 0.332 e. The maximum Gasteiger partial charge on any atom is 0.332 e. The van der Waals surface area contributed by atoms with Crippen molar-refractivity contribution in [2.45, 2.75) is 6.54 Å². The average Bonchev–Trinajstić information content (AvgIpc) is 3.32. The summed E-state index contributed by atoms with van der Waals surface area (Å²) < 4.78 is 9.23. The number of hydrogen-bond donors (Lipinski definition) is 0. The van der Waals surface area contributed by atoms with E-state index in [1.54, 1.807) is 23.9 Å². The summed E-state index contributed by atoms with van der Waals surface area (Å²) in [5.41, 5.74) is 0.335. The van der Waals surface area contributed by atoms with Crippen LogP contribution in [0.4, 0.5) is 0 Å². The largest absolute Gasteiger partial charge is 0.462 e. The molecule has 8 nitrogen and oxygen atoms in total. The number of fused-ring (bicyclic) bond motifs is 1. The minimum atomic E-state index is -0.451. The average molecular weight is 378 g/mol. The molecule has 0 N–H and O–H groups in total. The number of imidazole rings is 1. The fraction of sp³-hybridized carbons (Fsp3) is 0.200. The zero-order valence-electron chi connectivity index (χ0n) is 13.3. The van der Waals surface area contributed by atoms with Gasteiger partial charge in [-0.3, -0.25) is 13.9 Å². The van der Waals surface area contributed by atoms with Gasteiger partial charge in [-0.2, -0.15) is 4.98 Å². The highest BCUT2D eigenvalue weighted by atomic mass is 35.5. The molecule has 0 saturated carbocycles. The van der Waals surface area contributed by atoms with Gasteiger partial charge in [-0.1, -0.05) is 0 Å². The quantitative estimate of drug-likeness (QED) is 0.508. The maximum absolute atomic E-state index is 12.5. The van der Waals surface area contributed by atoms with E-state index in [1.807, 2.05) is 11.4 Å². The lowest BCUT2D eigenvalue weighted by molar-refractivity contribution is 0.581. The van der Waals surface area contributed by atoms with E-state index in [1.165, 1.54) is 23.0 Å². The van der Waals surface area contributed by atoms with Gasteiger partial charge in [0.05, 0.1) is 18.5 Å². The first-order valence-electron chi connectivity index (χ1n) is 7.27. The lowest BCUT2D eigenvalue weighted by atomic mass is 10.4. The molecular weight excluding hydrogens is 366 g/mol. The predicted molar refractivity (Wildman–Crippen MR) is 94.1 cm³/mol. The van der Waals surface area contributed by atoms with E-state index in [-0.39, 0.29) is 23.0 Å². The van der Waals surface area contributed by atoms with E-state index in [0.29, 0.717) is 11.5 Å². The number of aromatic nitrogens is 5. The number of aryl methyl sites for hydroxylation is 1. The highest BCUT2D eigenvalue weighted by molar-refractivity contribution is 7.13. The molecule has 25 heavy (non-hydrogen) atoms. The Morgan fingerprint density at radius 3 is 2.76 bits per heavy atom. The second-order valence-corrected chi connectivity index (χ2v) is 6.66. The van der Waals surface area contributed by atoms with Crippen molar-refractivity contribution in [3.63, 3.8) is 0 Å². The Kier molecular flexibility index (Phi) is 3.62. The molecule has 0 aliphatic heterocycles. The standard InChI is InChI=1S/C15H12ClN5O3S/c1-19-11-10(13(22)20(2)15(19)23)21(14(16)18-11)6-8-7-25-12(17-8)9-4-3-5-24-9/h3-5,7H,6H2,1-2H3. The molecule has 0 unspecified atom stereocenters. The molecule has 0 saturated heterocycles. The lowest BCUT2D eigenvalue weighted by Gasteiger charge is -2.05. The predicted octanol–water partition coefficient (Wildman–Crippen LogP) is 1.85. The molecule has 0 aromatic carbocycles. The summed E-state index contributed by atoms with van der Waals surface area (Å²) in [7, 11) is 2.98. The van der Waals surface area contributed by atoms with Crippen LogP contribution in [-0.2, 0) is 20.6 Å². The van der Waals surface area contributed by atoms with Crippen LogP contribution in [0, 0.1) is 0 Å². The minimum Gasteiger partial charge on any atom is -0.462 e. The van der Waals surface area contributed by atoms with Crippen LogP contribution in [0.15, 0.2) is 37.8 Å². The van der Waals surface area contributed by atoms with E-state index in [4.69, 9.17) is 16.0 Å². The van der Waals surface area contributed by atoms with Crippen LogP contribution in [0.1, 0.15) is 5.69 Å². The molecule has 0 radical (unpaired) electrons. The Balaban J connectivity index is 1.84. The number of thiazole rings is 1. The van der Waals surface area contributed by atoms with E-state index in [9.17, 15) is 9.59 Å². The van der Waals surface area contributed by atoms with Crippen LogP contribution in [0.5, 0.6) is 0 Å². The Morgan fingerprint density at radius 1 is 1.24 bits per heavy atom. The molecule has 4 heterocycles. The van der Waals surface area contributed by atoms with Crippen LogP contribution >= 0.6 is 22.9 Å². The Morgan fingerprint density at radius 2 is 2.04 bits per heavy atom. The van der Waals surface area contributed by atoms with E-state index in [0.717, 1.165) is 9.57 Å². The van der Waals surface area contributed by atoms with Crippen molar-refractivity contribution < 1.29 is 4.42 Å². The van der Waals surface area contributed by atoms with Crippen molar-refractivity contribution in [3.05, 3.63) is 55.6 Å². The first-order valence-corrected chi connectivity index (χ1v) is 8.53. The second kappa shape index (κ2) is 5.71. The summed E-state index contributed by atoms with van der Waals surface area (Å²) in [6.45, 7) is 0.264. The van der Waals surface area contributed by atoms with Crippen LogP contribution in [0.3, 0.4) is 0 Å². The lowest BCUT2D eigenvalue weighted by Crippen LogP contribution is -2.37. The van der Waals surface area contributed by atoms with Gasteiger partial charge in [0.2, 0.25) is 5.28 Å². The maximum atomic E-state index is 12.5. The van der Waals surface area contributed by atoms with Gasteiger partial charge >= 0.3 is 5.69 Å². The molecule has 0 fully saturated rings. The Hall–Kier alpha value is -2.65. The fourth-order valence-corrected chi connectivity index (χ4v) is 3.62. The third-order valence-corrected chi connectivity index (χ3v) is 5.10. The second-order valence-electron chi connectivity index (χ2n) is 5.47. The molecule has 0 spiro atoms. The van der Waals surface area contributed by atoms with Crippen molar-refractivity contribution in [1.82, 2.24) is 23.7 Å². The molecular formula is C15H12ClN5O3S. The molecule has 4 aromatic heterocycles. The summed E-state index contributed by atoms with van der Waals surface area (Å²) >= 11 is 7.65. The summed E-state index contributed by atoms with van der Waals surface area (Å²) in [6.07, 6.45) is 1.58. The Labute approximate surface area is 149 Å². The number of rotatable bonds is 3. The van der Waals surface area contributed by atoms with Crippen molar-refractivity contribution in [2.75, 3.05) is 0 Å². The SMILES string of the molecule is Cn1c(=O)c2c(nc(Cl)n2Cc2csc(-c3ccco3)n2)n(C)c1=O. The van der Waals surface area contributed by atoms with Gasteiger partial charge in [0.15, 0.2) is 21.9 Å². The highest BCUT2D eigenvalue weighted by Gasteiger charge is 2.19. The van der Waals surface area contributed by atoms with Gasteiger partial charge in [0.1, 0.15) is 0 Å². The van der Waals surface area contributed by atoms with Crippen molar-refractivity contribution in [1.29, 1.82) is 0 Å². The van der Waals surface area contributed by atoms with Gasteiger partial charge < -0.3 is 8.98 Å². The highest BCUT2D eigenvalue weighted by Crippen LogP contribution is 2.25. The van der Waals surface area contributed by atoms with E-state index < -0.39 is 11.2 Å². The Bertz CT molecular complexity index is 1200. The van der Waals surface area contributed by atoms with Gasteiger partial charge in [-0.05, 0) is 23.7 Å². The number of nitrogens with zero attached hydrogens (tertiary/aromatic N) is 5. The molecule has 0 aliphatic carbocycles. The first kappa shape index (κ1) is 15.9. The number of furan rings is 1. The third kappa shape index (κ3) is 2.43.